The largest absolute Gasteiger partial charge is 0.507 e. The SMILES string of the molecule is C=c1n(C)c(=O)c(=C(O)/C=C/C2CCCCC2)c(=O)n1C. The van der Waals surface area contributed by atoms with Gasteiger partial charge in [-0.05, 0) is 24.8 Å². The minimum Gasteiger partial charge on any atom is -0.507 e. The molecule has 1 N–H and O–H groups in total. The molecule has 0 aromatic carbocycles. The first-order valence-electron chi connectivity index (χ1n) is 7.30. The van der Waals surface area contributed by atoms with Gasteiger partial charge in [-0.3, -0.25) is 18.7 Å². The highest BCUT2D eigenvalue weighted by atomic mass is 16.3. The van der Waals surface area contributed by atoms with Crippen LogP contribution in [0.3, 0.4) is 0 Å². The quantitative estimate of drug-likeness (QED) is 0.852. The first-order chi connectivity index (χ1) is 9.93. The lowest BCUT2D eigenvalue weighted by Crippen LogP contribution is -2.57. The van der Waals surface area contributed by atoms with Crippen molar-refractivity contribution in [3.05, 3.63) is 43.6 Å². The van der Waals surface area contributed by atoms with Gasteiger partial charge in [0.25, 0.3) is 11.1 Å². The maximum absolute atomic E-state index is 12.2. The van der Waals surface area contributed by atoms with Gasteiger partial charge in [-0.2, -0.15) is 0 Å². The van der Waals surface area contributed by atoms with Crippen molar-refractivity contribution in [2.24, 2.45) is 20.0 Å². The van der Waals surface area contributed by atoms with Crippen molar-refractivity contribution >= 4 is 12.3 Å². The number of nitrogens with zero attached hydrogens (tertiary/aromatic N) is 2. The maximum atomic E-state index is 12.2. The monoisotopic (exact) mass is 290 g/mol. The minimum atomic E-state index is -0.520. The molecule has 114 valence electrons. The molecule has 1 aliphatic rings. The van der Waals surface area contributed by atoms with E-state index >= 15 is 0 Å². The lowest BCUT2D eigenvalue weighted by atomic mass is 9.89. The highest BCUT2D eigenvalue weighted by Gasteiger charge is 2.11. The summed E-state index contributed by atoms with van der Waals surface area (Å²) in [6.07, 6.45) is 9.23. The third-order valence-electron chi connectivity index (χ3n) is 4.24. The molecular formula is C16H22N2O3. The topological polar surface area (TPSA) is 64.2 Å². The zero-order valence-corrected chi connectivity index (χ0v) is 12.6. The number of rotatable bonds is 2. The van der Waals surface area contributed by atoms with Gasteiger partial charge in [-0.1, -0.05) is 31.9 Å². The van der Waals surface area contributed by atoms with Crippen LogP contribution in [0.1, 0.15) is 32.1 Å². The Bertz CT molecular complexity index is 734. The van der Waals surface area contributed by atoms with E-state index in [0.717, 1.165) is 12.8 Å². The Morgan fingerprint density at radius 2 is 1.67 bits per heavy atom. The Morgan fingerprint density at radius 3 is 2.19 bits per heavy atom. The molecule has 1 saturated carbocycles. The third-order valence-corrected chi connectivity index (χ3v) is 4.24. The maximum Gasteiger partial charge on any atom is 0.268 e. The zero-order chi connectivity index (χ0) is 15.6. The molecule has 0 spiro atoms. The normalized spacial score (nSPS) is 16.5. The predicted molar refractivity (Wildman–Crippen MR) is 83.4 cm³/mol. The lowest BCUT2D eigenvalue weighted by molar-refractivity contribution is 0.418. The average molecular weight is 290 g/mol. The van der Waals surface area contributed by atoms with Crippen molar-refractivity contribution in [2.45, 2.75) is 32.1 Å². The second-order valence-electron chi connectivity index (χ2n) is 5.66. The van der Waals surface area contributed by atoms with E-state index in [1.54, 1.807) is 0 Å². The van der Waals surface area contributed by atoms with E-state index in [9.17, 15) is 14.7 Å². The molecule has 2 rings (SSSR count). The lowest BCUT2D eigenvalue weighted by Gasteiger charge is -2.17. The van der Waals surface area contributed by atoms with E-state index in [0.29, 0.717) is 11.4 Å². The first kappa shape index (κ1) is 15.4. The molecule has 0 radical (unpaired) electrons. The Kier molecular flexibility index (Phi) is 4.50. The van der Waals surface area contributed by atoms with Crippen LogP contribution in [0.5, 0.6) is 0 Å². The number of aliphatic hydroxyl groups is 1. The van der Waals surface area contributed by atoms with Crippen LogP contribution in [0.15, 0.2) is 21.7 Å². The van der Waals surface area contributed by atoms with E-state index in [1.165, 1.54) is 48.6 Å². The van der Waals surface area contributed by atoms with Gasteiger partial charge in [0.1, 0.15) is 16.5 Å². The number of hydrogen-bond donors (Lipinski definition) is 1. The number of hydrogen-bond acceptors (Lipinski definition) is 3. The molecule has 1 heterocycles. The summed E-state index contributed by atoms with van der Waals surface area (Å²) in [5.41, 5.74) is -0.736. The van der Waals surface area contributed by atoms with Crippen molar-refractivity contribution in [1.82, 2.24) is 9.13 Å². The Morgan fingerprint density at radius 1 is 1.14 bits per heavy atom. The van der Waals surface area contributed by atoms with Crippen molar-refractivity contribution in [2.75, 3.05) is 0 Å². The van der Waals surface area contributed by atoms with Gasteiger partial charge in [0.05, 0.1) is 0 Å². The first-order valence-corrected chi connectivity index (χ1v) is 7.30. The Balaban J connectivity index is 2.53. The van der Waals surface area contributed by atoms with Gasteiger partial charge >= 0.3 is 0 Å². The fourth-order valence-electron chi connectivity index (χ4n) is 2.74. The highest BCUT2D eigenvalue weighted by Crippen LogP contribution is 2.24. The van der Waals surface area contributed by atoms with Gasteiger partial charge in [0.15, 0.2) is 0 Å². The van der Waals surface area contributed by atoms with Crippen LogP contribution < -0.4 is 21.8 Å². The molecule has 0 aliphatic heterocycles. The van der Waals surface area contributed by atoms with E-state index in [2.05, 4.69) is 6.58 Å². The summed E-state index contributed by atoms with van der Waals surface area (Å²) in [7, 11) is 3.07. The highest BCUT2D eigenvalue weighted by molar-refractivity contribution is 5.46. The van der Waals surface area contributed by atoms with Crippen molar-refractivity contribution in [3.8, 4) is 0 Å². The van der Waals surface area contributed by atoms with E-state index in [1.807, 2.05) is 6.08 Å². The molecule has 0 atom stereocenters. The van der Waals surface area contributed by atoms with E-state index in [4.69, 9.17) is 0 Å². The van der Waals surface area contributed by atoms with Crippen LogP contribution in [0.2, 0.25) is 0 Å². The van der Waals surface area contributed by atoms with Crippen molar-refractivity contribution in [3.63, 3.8) is 0 Å². The zero-order valence-electron chi connectivity index (χ0n) is 12.6. The van der Waals surface area contributed by atoms with Crippen LogP contribution in [0.4, 0.5) is 0 Å². The fraction of sp³-hybridized carbons (Fsp3) is 0.500. The summed E-state index contributed by atoms with van der Waals surface area (Å²) in [6, 6.07) is 0. The fourth-order valence-corrected chi connectivity index (χ4v) is 2.74. The van der Waals surface area contributed by atoms with Gasteiger partial charge in [0, 0.05) is 14.1 Å². The number of aliphatic hydroxyl groups excluding tert-OH is 1. The second kappa shape index (κ2) is 6.16. The van der Waals surface area contributed by atoms with Gasteiger partial charge in [0.2, 0.25) is 0 Å². The van der Waals surface area contributed by atoms with E-state index < -0.39 is 11.1 Å². The summed E-state index contributed by atoms with van der Waals surface area (Å²) in [4.78, 5) is 24.3. The van der Waals surface area contributed by atoms with Crippen molar-refractivity contribution in [1.29, 1.82) is 0 Å². The summed E-state index contributed by atoms with van der Waals surface area (Å²) in [5.74, 6) is 0.155. The minimum absolute atomic E-state index is 0.195. The predicted octanol–water partition coefficient (Wildman–Crippen LogP) is 0.297. The molecule has 21 heavy (non-hydrogen) atoms. The summed E-state index contributed by atoms with van der Waals surface area (Å²) >= 11 is 0. The molecule has 1 aromatic heterocycles. The Labute approximate surface area is 123 Å². The summed E-state index contributed by atoms with van der Waals surface area (Å²) in [5, 5.41) is 9.94. The molecule has 0 bridgehead atoms. The molecule has 0 unspecified atom stereocenters. The van der Waals surface area contributed by atoms with Crippen LogP contribution in [-0.4, -0.2) is 14.2 Å². The summed E-state index contributed by atoms with van der Waals surface area (Å²) in [6.45, 7) is 3.68. The van der Waals surface area contributed by atoms with Gasteiger partial charge in [-0.15, -0.1) is 0 Å². The molecular weight excluding hydrogens is 268 g/mol. The average Bonchev–Trinajstić information content (AvgIpc) is 2.50. The Hall–Kier alpha value is -2.04. The summed E-state index contributed by atoms with van der Waals surface area (Å²) < 4.78 is 2.53. The molecule has 1 aromatic rings. The molecule has 5 heteroatoms. The molecule has 5 nitrogen and oxygen atoms in total. The van der Waals surface area contributed by atoms with Crippen LogP contribution >= 0.6 is 0 Å². The van der Waals surface area contributed by atoms with Crippen LogP contribution in [0.25, 0.3) is 12.3 Å². The van der Waals surface area contributed by atoms with Crippen LogP contribution in [-0.2, 0) is 14.1 Å². The smallest absolute Gasteiger partial charge is 0.268 e. The van der Waals surface area contributed by atoms with Gasteiger partial charge < -0.3 is 5.11 Å². The standard InChI is InChI=1S/C16H22N2O3/c1-11-17(2)15(20)14(16(21)18(11)3)13(19)10-9-12-7-5-4-6-8-12/h9-10,12,19H,1,4-8H2,2-3H3/b10-9+. The number of aromatic nitrogens is 2. The van der Waals surface area contributed by atoms with Gasteiger partial charge in [-0.25, -0.2) is 0 Å². The molecule has 0 amide bonds. The number of allylic oxidation sites excluding steroid dienone is 1. The molecule has 0 saturated heterocycles. The van der Waals surface area contributed by atoms with Crippen LogP contribution in [0, 0.1) is 5.92 Å². The van der Waals surface area contributed by atoms with E-state index in [-0.39, 0.29) is 11.0 Å². The molecule has 1 aliphatic carbocycles. The third kappa shape index (κ3) is 3.01. The van der Waals surface area contributed by atoms with Crippen molar-refractivity contribution < 1.29 is 5.11 Å². The second-order valence-corrected chi connectivity index (χ2v) is 5.66. The molecule has 1 fully saturated rings.